The summed E-state index contributed by atoms with van der Waals surface area (Å²) in [5.74, 6) is 1.06. The number of benzene rings is 1. The lowest BCUT2D eigenvalue weighted by molar-refractivity contribution is -0.121. The van der Waals surface area contributed by atoms with Crippen molar-refractivity contribution in [3.8, 4) is 0 Å². The fourth-order valence-corrected chi connectivity index (χ4v) is 2.44. The first-order valence-corrected chi connectivity index (χ1v) is 7.33. The maximum absolute atomic E-state index is 12.2. The summed E-state index contributed by atoms with van der Waals surface area (Å²) in [6.07, 6.45) is 0.781. The van der Waals surface area contributed by atoms with E-state index < -0.39 is 0 Å². The molecule has 1 amide bonds. The molecule has 1 atom stereocenters. The van der Waals surface area contributed by atoms with Gasteiger partial charge in [0.1, 0.15) is 0 Å². The molecule has 0 spiro atoms. The molecular formula is C14H22N2OS. The SMILES string of the molecule is CCSc1ccc(N(C)C(=O)C(CC)CN)cc1. The predicted octanol–water partition coefficient (Wildman–Crippen LogP) is 2.75. The molecule has 0 radical (unpaired) electrons. The summed E-state index contributed by atoms with van der Waals surface area (Å²) in [6.45, 7) is 4.52. The third-order valence-electron chi connectivity index (χ3n) is 2.99. The van der Waals surface area contributed by atoms with E-state index in [4.69, 9.17) is 5.73 Å². The van der Waals surface area contributed by atoms with E-state index in [1.807, 2.05) is 26.1 Å². The van der Waals surface area contributed by atoms with Gasteiger partial charge < -0.3 is 10.6 Å². The number of hydrogen-bond donors (Lipinski definition) is 1. The van der Waals surface area contributed by atoms with Crippen molar-refractivity contribution in [2.45, 2.75) is 25.2 Å². The molecule has 1 aromatic carbocycles. The van der Waals surface area contributed by atoms with E-state index in [1.54, 1.807) is 16.7 Å². The summed E-state index contributed by atoms with van der Waals surface area (Å²) in [6, 6.07) is 8.08. The highest BCUT2D eigenvalue weighted by atomic mass is 32.2. The zero-order valence-electron chi connectivity index (χ0n) is 11.3. The fraction of sp³-hybridized carbons (Fsp3) is 0.500. The van der Waals surface area contributed by atoms with Crippen molar-refractivity contribution in [3.63, 3.8) is 0 Å². The molecule has 0 fully saturated rings. The Hall–Kier alpha value is -1.00. The maximum Gasteiger partial charge on any atom is 0.231 e. The summed E-state index contributed by atoms with van der Waals surface area (Å²) in [7, 11) is 1.81. The van der Waals surface area contributed by atoms with Crippen LogP contribution in [0.3, 0.4) is 0 Å². The van der Waals surface area contributed by atoms with Crippen molar-refractivity contribution in [2.24, 2.45) is 11.7 Å². The first kappa shape index (κ1) is 15.1. The summed E-state index contributed by atoms with van der Waals surface area (Å²) >= 11 is 1.80. The molecule has 2 N–H and O–H groups in total. The quantitative estimate of drug-likeness (QED) is 0.805. The zero-order chi connectivity index (χ0) is 13.5. The Morgan fingerprint density at radius 2 is 1.94 bits per heavy atom. The van der Waals surface area contributed by atoms with Crippen LogP contribution in [0.5, 0.6) is 0 Å². The van der Waals surface area contributed by atoms with Gasteiger partial charge in [-0.15, -0.1) is 11.8 Å². The van der Waals surface area contributed by atoms with E-state index in [0.29, 0.717) is 6.54 Å². The highest BCUT2D eigenvalue weighted by molar-refractivity contribution is 7.99. The molecule has 0 saturated carbocycles. The van der Waals surface area contributed by atoms with E-state index in [2.05, 4.69) is 19.1 Å². The van der Waals surface area contributed by atoms with Gasteiger partial charge in [0.2, 0.25) is 5.91 Å². The highest BCUT2D eigenvalue weighted by Gasteiger charge is 2.19. The average molecular weight is 266 g/mol. The molecule has 4 heteroatoms. The third-order valence-corrected chi connectivity index (χ3v) is 3.89. The molecule has 3 nitrogen and oxygen atoms in total. The van der Waals surface area contributed by atoms with Gasteiger partial charge in [-0.3, -0.25) is 4.79 Å². The Kier molecular flexibility index (Phi) is 6.22. The highest BCUT2D eigenvalue weighted by Crippen LogP contribution is 2.22. The lowest BCUT2D eigenvalue weighted by atomic mass is 10.1. The van der Waals surface area contributed by atoms with Crippen molar-refractivity contribution >= 4 is 23.4 Å². The molecule has 100 valence electrons. The van der Waals surface area contributed by atoms with Crippen LogP contribution in [0.4, 0.5) is 5.69 Å². The lowest BCUT2D eigenvalue weighted by Crippen LogP contribution is -2.36. The molecule has 0 saturated heterocycles. The molecule has 0 aromatic heterocycles. The van der Waals surface area contributed by atoms with Gasteiger partial charge in [0, 0.05) is 24.2 Å². The topological polar surface area (TPSA) is 46.3 Å². The Morgan fingerprint density at radius 3 is 2.39 bits per heavy atom. The molecule has 0 aliphatic carbocycles. The normalized spacial score (nSPS) is 12.2. The van der Waals surface area contributed by atoms with Gasteiger partial charge in [-0.1, -0.05) is 13.8 Å². The molecule has 0 aliphatic heterocycles. The number of amides is 1. The summed E-state index contributed by atoms with van der Waals surface area (Å²) in [5.41, 5.74) is 6.54. The second kappa shape index (κ2) is 7.44. The van der Waals surface area contributed by atoms with E-state index in [0.717, 1.165) is 17.9 Å². The number of carbonyl (C=O) groups excluding carboxylic acids is 1. The van der Waals surface area contributed by atoms with E-state index >= 15 is 0 Å². The molecular weight excluding hydrogens is 244 g/mol. The van der Waals surface area contributed by atoms with Gasteiger partial charge in [0.25, 0.3) is 0 Å². The molecule has 1 rings (SSSR count). The first-order valence-electron chi connectivity index (χ1n) is 6.34. The van der Waals surface area contributed by atoms with E-state index in [-0.39, 0.29) is 11.8 Å². The van der Waals surface area contributed by atoms with Gasteiger partial charge in [-0.25, -0.2) is 0 Å². The Bertz CT molecular complexity index is 374. The van der Waals surface area contributed by atoms with Crippen molar-refractivity contribution in [3.05, 3.63) is 24.3 Å². The first-order chi connectivity index (χ1) is 8.63. The van der Waals surface area contributed by atoms with E-state index in [9.17, 15) is 4.79 Å². The van der Waals surface area contributed by atoms with Crippen LogP contribution < -0.4 is 10.6 Å². The second-order valence-corrected chi connectivity index (χ2v) is 5.50. The number of hydrogen-bond acceptors (Lipinski definition) is 3. The Labute approximate surface area is 114 Å². The van der Waals surface area contributed by atoms with Gasteiger partial charge >= 0.3 is 0 Å². The van der Waals surface area contributed by atoms with Crippen LogP contribution in [0.1, 0.15) is 20.3 Å². The minimum Gasteiger partial charge on any atom is -0.330 e. The van der Waals surface area contributed by atoms with Crippen LogP contribution in [-0.2, 0) is 4.79 Å². The summed E-state index contributed by atoms with van der Waals surface area (Å²) in [5, 5.41) is 0. The summed E-state index contributed by atoms with van der Waals surface area (Å²) in [4.78, 5) is 15.1. The zero-order valence-corrected chi connectivity index (χ0v) is 12.2. The Balaban J connectivity index is 2.77. The van der Waals surface area contributed by atoms with Crippen LogP contribution in [0.2, 0.25) is 0 Å². The van der Waals surface area contributed by atoms with Crippen molar-refractivity contribution in [1.29, 1.82) is 0 Å². The van der Waals surface area contributed by atoms with Gasteiger partial charge in [-0.2, -0.15) is 0 Å². The number of carbonyl (C=O) groups is 1. The number of nitrogens with zero attached hydrogens (tertiary/aromatic N) is 1. The van der Waals surface area contributed by atoms with E-state index in [1.165, 1.54) is 4.90 Å². The second-order valence-electron chi connectivity index (χ2n) is 4.17. The minimum absolute atomic E-state index is 0.0836. The lowest BCUT2D eigenvalue weighted by Gasteiger charge is -2.22. The molecule has 18 heavy (non-hydrogen) atoms. The number of thioether (sulfide) groups is 1. The van der Waals surface area contributed by atoms with Crippen LogP contribution in [-0.4, -0.2) is 25.3 Å². The third kappa shape index (κ3) is 3.75. The van der Waals surface area contributed by atoms with Gasteiger partial charge in [0.15, 0.2) is 0 Å². The largest absolute Gasteiger partial charge is 0.330 e. The maximum atomic E-state index is 12.2. The number of anilines is 1. The van der Waals surface area contributed by atoms with Crippen LogP contribution in [0, 0.1) is 5.92 Å². The number of rotatable bonds is 6. The Morgan fingerprint density at radius 1 is 1.33 bits per heavy atom. The van der Waals surface area contributed by atoms with Crippen molar-refractivity contribution in [2.75, 3.05) is 24.2 Å². The smallest absolute Gasteiger partial charge is 0.231 e. The fourth-order valence-electron chi connectivity index (χ4n) is 1.78. The van der Waals surface area contributed by atoms with Gasteiger partial charge in [0.05, 0.1) is 5.92 Å². The van der Waals surface area contributed by atoms with Crippen molar-refractivity contribution in [1.82, 2.24) is 0 Å². The minimum atomic E-state index is -0.0836. The molecule has 1 unspecified atom stereocenters. The van der Waals surface area contributed by atoms with Crippen LogP contribution >= 0.6 is 11.8 Å². The average Bonchev–Trinajstić information content (AvgIpc) is 2.40. The monoisotopic (exact) mass is 266 g/mol. The van der Waals surface area contributed by atoms with Gasteiger partial charge in [-0.05, 0) is 36.4 Å². The standard InChI is InChI=1S/C14H22N2OS/c1-4-11(10-15)14(17)16(3)12-6-8-13(9-7-12)18-5-2/h6-9,11H,4-5,10,15H2,1-3H3. The predicted molar refractivity (Wildman–Crippen MR) is 79.1 cm³/mol. The van der Waals surface area contributed by atoms with Crippen molar-refractivity contribution < 1.29 is 4.79 Å². The van der Waals surface area contributed by atoms with Crippen LogP contribution in [0.15, 0.2) is 29.2 Å². The molecule has 0 aliphatic rings. The number of nitrogens with two attached hydrogens (primary N) is 1. The summed E-state index contributed by atoms with van der Waals surface area (Å²) < 4.78 is 0. The molecule has 0 bridgehead atoms. The van der Waals surface area contributed by atoms with Crippen LogP contribution in [0.25, 0.3) is 0 Å². The molecule has 1 aromatic rings. The molecule has 0 heterocycles.